The Morgan fingerprint density at radius 1 is 1.11 bits per heavy atom. The Kier molecular flexibility index (Phi) is 3.91. The molecule has 0 aliphatic heterocycles. The summed E-state index contributed by atoms with van der Waals surface area (Å²) in [7, 11) is -3.97. The fourth-order valence-corrected chi connectivity index (χ4v) is 2.79. The second-order valence-electron chi connectivity index (χ2n) is 3.93. The van der Waals surface area contributed by atoms with Gasteiger partial charge in [-0.3, -0.25) is 0 Å². The summed E-state index contributed by atoms with van der Waals surface area (Å²) in [5, 5.41) is 0. The monoisotopic (exact) mass is 344 g/mol. The Hall–Kier alpha value is -1.40. The number of benzene rings is 2. The third-order valence-corrected chi connectivity index (χ3v) is 4.31. The minimum atomic E-state index is -3.97. The first-order chi connectivity index (χ1) is 8.88. The summed E-state index contributed by atoms with van der Waals surface area (Å²) in [5.41, 5.74) is 0.936. The molecule has 2 aromatic rings. The molecule has 2 rings (SSSR count). The summed E-state index contributed by atoms with van der Waals surface area (Å²) >= 11 is 3.11. The van der Waals surface area contributed by atoms with Gasteiger partial charge in [-0.25, -0.2) is 4.39 Å². The smallest absolute Gasteiger partial charge is 0.339 e. The molecule has 100 valence electrons. The van der Waals surface area contributed by atoms with E-state index in [1.165, 1.54) is 24.3 Å². The van der Waals surface area contributed by atoms with Crippen LogP contribution in [0.1, 0.15) is 5.56 Å². The second kappa shape index (κ2) is 5.30. The van der Waals surface area contributed by atoms with E-state index in [4.69, 9.17) is 4.18 Å². The average molecular weight is 345 g/mol. The maximum atomic E-state index is 13.1. The Labute approximate surface area is 119 Å². The standard InChI is InChI=1S/C13H10BrFO3S/c1-9-2-5-11(6-3-9)19(16,17)18-13-8-10(15)4-7-12(13)14/h2-8H,1H3. The van der Waals surface area contributed by atoms with E-state index in [1.54, 1.807) is 12.1 Å². The van der Waals surface area contributed by atoms with Gasteiger partial charge in [-0.2, -0.15) is 8.42 Å². The zero-order valence-electron chi connectivity index (χ0n) is 9.93. The highest BCUT2D eigenvalue weighted by molar-refractivity contribution is 9.10. The van der Waals surface area contributed by atoms with Crippen LogP contribution in [0, 0.1) is 12.7 Å². The number of hydrogen-bond donors (Lipinski definition) is 0. The number of hydrogen-bond acceptors (Lipinski definition) is 3. The summed E-state index contributed by atoms with van der Waals surface area (Å²) in [6.45, 7) is 1.85. The molecule has 6 heteroatoms. The van der Waals surface area contributed by atoms with E-state index in [0.717, 1.165) is 11.6 Å². The summed E-state index contributed by atoms with van der Waals surface area (Å²) < 4.78 is 42.4. The van der Waals surface area contributed by atoms with Gasteiger partial charge in [0.05, 0.1) is 4.47 Å². The largest absolute Gasteiger partial charge is 0.378 e. The van der Waals surface area contributed by atoms with Crippen LogP contribution in [0.2, 0.25) is 0 Å². The van der Waals surface area contributed by atoms with Crippen molar-refractivity contribution in [1.82, 2.24) is 0 Å². The molecule has 0 aromatic heterocycles. The molecule has 0 saturated carbocycles. The van der Waals surface area contributed by atoms with Gasteiger partial charge in [-0.05, 0) is 47.1 Å². The van der Waals surface area contributed by atoms with Crippen LogP contribution in [0.25, 0.3) is 0 Å². The van der Waals surface area contributed by atoms with Gasteiger partial charge in [0, 0.05) is 6.07 Å². The van der Waals surface area contributed by atoms with Crippen LogP contribution in [0.3, 0.4) is 0 Å². The molecule has 0 heterocycles. The van der Waals surface area contributed by atoms with Crippen molar-refractivity contribution >= 4 is 26.0 Å². The minimum Gasteiger partial charge on any atom is -0.378 e. The van der Waals surface area contributed by atoms with E-state index in [1.807, 2.05) is 6.92 Å². The lowest BCUT2D eigenvalue weighted by Crippen LogP contribution is -2.10. The average Bonchev–Trinajstić information content (AvgIpc) is 2.34. The van der Waals surface area contributed by atoms with E-state index >= 15 is 0 Å². The van der Waals surface area contributed by atoms with E-state index in [-0.39, 0.29) is 10.6 Å². The van der Waals surface area contributed by atoms with Gasteiger partial charge in [0.2, 0.25) is 0 Å². The van der Waals surface area contributed by atoms with Gasteiger partial charge < -0.3 is 4.18 Å². The van der Waals surface area contributed by atoms with Crippen molar-refractivity contribution in [2.24, 2.45) is 0 Å². The fourth-order valence-electron chi connectivity index (χ4n) is 1.41. The van der Waals surface area contributed by atoms with Gasteiger partial charge in [0.25, 0.3) is 0 Å². The molecule has 0 saturated heterocycles. The number of aryl methyl sites for hydroxylation is 1. The first-order valence-electron chi connectivity index (χ1n) is 5.35. The van der Waals surface area contributed by atoms with Crippen molar-refractivity contribution in [1.29, 1.82) is 0 Å². The number of rotatable bonds is 3. The molecule has 0 bridgehead atoms. The molecular formula is C13H10BrFO3S. The molecule has 2 aromatic carbocycles. The Morgan fingerprint density at radius 3 is 2.37 bits per heavy atom. The molecule has 0 unspecified atom stereocenters. The first-order valence-corrected chi connectivity index (χ1v) is 7.55. The quantitative estimate of drug-likeness (QED) is 0.798. The van der Waals surface area contributed by atoms with Gasteiger partial charge >= 0.3 is 10.1 Å². The van der Waals surface area contributed by atoms with Crippen LogP contribution in [0.15, 0.2) is 51.8 Å². The molecule has 0 spiro atoms. The molecule has 0 aliphatic carbocycles. The molecule has 0 atom stereocenters. The molecule has 19 heavy (non-hydrogen) atoms. The summed E-state index contributed by atoms with van der Waals surface area (Å²) in [5.74, 6) is -0.655. The Balaban J connectivity index is 2.36. The maximum Gasteiger partial charge on any atom is 0.339 e. The summed E-state index contributed by atoms with van der Waals surface area (Å²) in [6, 6.07) is 9.81. The van der Waals surface area contributed by atoms with Gasteiger partial charge in [-0.15, -0.1) is 0 Å². The maximum absolute atomic E-state index is 13.1. The number of halogens is 2. The molecule has 0 aliphatic rings. The lowest BCUT2D eigenvalue weighted by Gasteiger charge is -2.08. The van der Waals surface area contributed by atoms with Crippen LogP contribution in [0.5, 0.6) is 5.75 Å². The van der Waals surface area contributed by atoms with Crippen molar-refractivity contribution < 1.29 is 17.0 Å². The normalized spacial score (nSPS) is 11.3. The second-order valence-corrected chi connectivity index (χ2v) is 6.33. The SMILES string of the molecule is Cc1ccc(S(=O)(=O)Oc2cc(F)ccc2Br)cc1. The molecular weight excluding hydrogens is 335 g/mol. The highest BCUT2D eigenvalue weighted by atomic mass is 79.9. The van der Waals surface area contributed by atoms with Gasteiger partial charge in [0.1, 0.15) is 10.7 Å². The van der Waals surface area contributed by atoms with Crippen molar-refractivity contribution in [3.8, 4) is 5.75 Å². The third kappa shape index (κ3) is 3.33. The zero-order chi connectivity index (χ0) is 14.0. The first kappa shape index (κ1) is 14.0. The molecule has 3 nitrogen and oxygen atoms in total. The molecule has 0 radical (unpaired) electrons. The van der Waals surface area contributed by atoms with E-state index in [9.17, 15) is 12.8 Å². The minimum absolute atomic E-state index is 0.0225. The van der Waals surface area contributed by atoms with E-state index < -0.39 is 15.9 Å². The van der Waals surface area contributed by atoms with Crippen molar-refractivity contribution in [3.63, 3.8) is 0 Å². The summed E-state index contributed by atoms with van der Waals surface area (Å²) in [4.78, 5) is 0.0225. The van der Waals surface area contributed by atoms with E-state index in [0.29, 0.717) is 4.47 Å². The van der Waals surface area contributed by atoms with Gasteiger partial charge in [-0.1, -0.05) is 17.7 Å². The van der Waals surface area contributed by atoms with Crippen molar-refractivity contribution in [2.75, 3.05) is 0 Å². The van der Waals surface area contributed by atoms with Crippen LogP contribution in [0.4, 0.5) is 4.39 Å². The zero-order valence-corrected chi connectivity index (χ0v) is 12.3. The van der Waals surface area contributed by atoms with Crippen LogP contribution < -0.4 is 4.18 Å². The third-order valence-electron chi connectivity index (χ3n) is 2.40. The predicted octanol–water partition coefficient (Wildman–Crippen LogP) is 3.66. The highest BCUT2D eigenvalue weighted by Crippen LogP contribution is 2.28. The topological polar surface area (TPSA) is 43.4 Å². The summed E-state index contributed by atoms with van der Waals surface area (Å²) in [6.07, 6.45) is 0. The van der Waals surface area contributed by atoms with Crippen LogP contribution >= 0.6 is 15.9 Å². The van der Waals surface area contributed by atoms with Crippen molar-refractivity contribution in [2.45, 2.75) is 11.8 Å². The molecule has 0 amide bonds. The van der Waals surface area contributed by atoms with Crippen molar-refractivity contribution in [3.05, 3.63) is 58.3 Å². The highest BCUT2D eigenvalue weighted by Gasteiger charge is 2.18. The lowest BCUT2D eigenvalue weighted by atomic mass is 10.2. The van der Waals surface area contributed by atoms with Crippen LogP contribution in [-0.2, 0) is 10.1 Å². The Bertz CT molecular complexity index is 696. The van der Waals surface area contributed by atoms with Gasteiger partial charge in [0.15, 0.2) is 5.75 Å². The lowest BCUT2D eigenvalue weighted by molar-refractivity contribution is 0.481. The van der Waals surface area contributed by atoms with Crippen LogP contribution in [-0.4, -0.2) is 8.42 Å². The molecule has 0 fully saturated rings. The predicted molar refractivity (Wildman–Crippen MR) is 73.1 cm³/mol. The fraction of sp³-hybridized carbons (Fsp3) is 0.0769. The molecule has 0 N–H and O–H groups in total. The van der Waals surface area contributed by atoms with E-state index in [2.05, 4.69) is 15.9 Å². The Morgan fingerprint density at radius 2 is 1.74 bits per heavy atom.